The van der Waals surface area contributed by atoms with Crippen LogP contribution >= 0.6 is 34.0 Å². The third kappa shape index (κ3) is 7.91. The number of nitriles is 1. The Morgan fingerprint density at radius 1 is 0.719 bits per heavy atom. The van der Waals surface area contributed by atoms with Crippen molar-refractivity contribution in [1.82, 2.24) is 4.57 Å². The van der Waals surface area contributed by atoms with Crippen molar-refractivity contribution in [2.24, 2.45) is 0 Å². The SMILES string of the molecule is CCCCCCc1cc(-c2sc(-c3sc(/C=C(/C#N)C(=O)O)c4c3OCCO4)cc2CCCCCC)sc1-c1ccc(-n2c3ccccc3c3ccccc32)cc1. The second-order valence-corrected chi connectivity index (χ2v) is 17.8. The van der Waals surface area contributed by atoms with Crippen molar-refractivity contribution >= 4 is 67.9 Å². The van der Waals surface area contributed by atoms with Gasteiger partial charge in [-0.2, -0.15) is 5.26 Å². The fraction of sp³-hybridized carbons (Fsp3) is 0.292. The number of aryl methyl sites for hydroxylation is 2. The first-order chi connectivity index (χ1) is 28.0. The van der Waals surface area contributed by atoms with Crippen molar-refractivity contribution in [3.63, 3.8) is 0 Å². The highest BCUT2D eigenvalue weighted by atomic mass is 32.1. The summed E-state index contributed by atoms with van der Waals surface area (Å²) < 4.78 is 14.6. The van der Waals surface area contributed by atoms with Crippen LogP contribution in [-0.4, -0.2) is 28.9 Å². The van der Waals surface area contributed by atoms with Crippen LogP contribution in [0.25, 0.3) is 63.5 Å². The molecule has 1 aliphatic rings. The highest BCUT2D eigenvalue weighted by Gasteiger charge is 2.28. The first-order valence-corrected chi connectivity index (χ1v) is 22.6. The Hall–Kier alpha value is -5.14. The number of para-hydroxylation sites is 2. The summed E-state index contributed by atoms with van der Waals surface area (Å²) in [4.78, 5) is 18.3. The van der Waals surface area contributed by atoms with E-state index in [1.807, 2.05) is 17.4 Å². The number of hydrogen-bond donors (Lipinski definition) is 1. The molecule has 0 saturated carbocycles. The molecule has 0 unspecified atom stereocenters. The molecule has 4 aromatic heterocycles. The van der Waals surface area contributed by atoms with Crippen LogP contribution in [0, 0.1) is 11.3 Å². The lowest BCUT2D eigenvalue weighted by Gasteiger charge is -2.16. The Labute approximate surface area is 346 Å². The van der Waals surface area contributed by atoms with Gasteiger partial charge in [-0.05, 0) is 84.8 Å². The molecule has 0 aliphatic carbocycles. The second-order valence-electron chi connectivity index (χ2n) is 14.6. The molecule has 3 aromatic carbocycles. The van der Waals surface area contributed by atoms with E-state index in [4.69, 9.17) is 9.47 Å². The zero-order valence-corrected chi connectivity index (χ0v) is 34.9. The van der Waals surface area contributed by atoms with E-state index in [0.29, 0.717) is 29.6 Å². The Kier molecular flexibility index (Phi) is 11.9. The number of aliphatic carboxylic acids is 1. The predicted molar refractivity (Wildman–Crippen MR) is 239 cm³/mol. The van der Waals surface area contributed by atoms with Gasteiger partial charge in [0.15, 0.2) is 11.5 Å². The molecule has 290 valence electrons. The summed E-state index contributed by atoms with van der Waals surface area (Å²) >= 11 is 5.10. The minimum Gasteiger partial charge on any atom is -0.485 e. The quantitative estimate of drug-likeness (QED) is 0.0597. The lowest BCUT2D eigenvalue weighted by molar-refractivity contribution is -0.132. The maximum absolute atomic E-state index is 11.8. The van der Waals surface area contributed by atoms with Crippen molar-refractivity contribution in [2.45, 2.75) is 78.1 Å². The van der Waals surface area contributed by atoms with Crippen molar-refractivity contribution in [3.8, 4) is 53.2 Å². The van der Waals surface area contributed by atoms with E-state index in [1.54, 1.807) is 11.3 Å². The lowest BCUT2D eigenvalue weighted by Crippen LogP contribution is -2.14. The summed E-state index contributed by atoms with van der Waals surface area (Å²) in [6.07, 6.45) is 13.0. The zero-order valence-electron chi connectivity index (χ0n) is 32.4. The van der Waals surface area contributed by atoms with Gasteiger partial charge < -0.3 is 19.1 Å². The summed E-state index contributed by atoms with van der Waals surface area (Å²) in [6, 6.07) is 33.0. The van der Waals surface area contributed by atoms with Crippen LogP contribution < -0.4 is 9.47 Å². The molecule has 0 atom stereocenters. The monoisotopic (exact) mass is 810 g/mol. The van der Waals surface area contributed by atoms with Gasteiger partial charge in [-0.3, -0.25) is 0 Å². The second kappa shape index (κ2) is 17.6. The number of carbonyl (C=O) groups is 1. The average molecular weight is 811 g/mol. The van der Waals surface area contributed by atoms with Gasteiger partial charge in [0.1, 0.15) is 24.9 Å². The summed E-state index contributed by atoms with van der Waals surface area (Å²) in [5.74, 6) is -0.102. The summed E-state index contributed by atoms with van der Waals surface area (Å²) in [5, 5.41) is 21.7. The molecule has 0 saturated heterocycles. The first-order valence-electron chi connectivity index (χ1n) is 20.1. The zero-order chi connectivity index (χ0) is 39.3. The van der Waals surface area contributed by atoms with Crippen molar-refractivity contribution in [3.05, 3.63) is 107 Å². The Balaban J connectivity index is 1.20. The van der Waals surface area contributed by atoms with Crippen molar-refractivity contribution < 1.29 is 19.4 Å². The molecule has 6 nitrogen and oxygen atoms in total. The number of nitrogens with zero attached hydrogens (tertiary/aromatic N) is 2. The van der Waals surface area contributed by atoms with Gasteiger partial charge in [0.2, 0.25) is 0 Å². The number of rotatable bonds is 16. The van der Waals surface area contributed by atoms with Gasteiger partial charge in [-0.25, -0.2) is 4.79 Å². The average Bonchev–Trinajstić information content (AvgIpc) is 4.02. The van der Waals surface area contributed by atoms with E-state index in [-0.39, 0.29) is 5.57 Å². The topological polar surface area (TPSA) is 84.5 Å². The molecule has 0 amide bonds. The van der Waals surface area contributed by atoms with Gasteiger partial charge >= 0.3 is 5.97 Å². The van der Waals surface area contributed by atoms with Gasteiger partial charge in [0.05, 0.1) is 20.8 Å². The van der Waals surface area contributed by atoms with Crippen molar-refractivity contribution in [1.29, 1.82) is 5.26 Å². The van der Waals surface area contributed by atoms with Crippen molar-refractivity contribution in [2.75, 3.05) is 13.2 Å². The maximum Gasteiger partial charge on any atom is 0.346 e. The molecular formula is C48H46N2O4S3. The molecule has 1 N–H and O–H groups in total. The highest BCUT2D eigenvalue weighted by molar-refractivity contribution is 7.27. The molecule has 7 aromatic rings. The van der Waals surface area contributed by atoms with Crippen LogP contribution in [0.5, 0.6) is 11.5 Å². The normalized spacial score (nSPS) is 12.8. The summed E-state index contributed by atoms with van der Waals surface area (Å²) in [6.45, 7) is 5.29. The molecule has 0 radical (unpaired) electrons. The lowest BCUT2D eigenvalue weighted by atomic mass is 10.0. The number of thiophene rings is 3. The fourth-order valence-corrected chi connectivity index (χ4v) is 11.6. The predicted octanol–water partition coefficient (Wildman–Crippen LogP) is 14.0. The number of fused-ring (bicyclic) bond motifs is 4. The number of benzene rings is 3. The molecule has 5 heterocycles. The third-order valence-corrected chi connectivity index (χ3v) is 14.5. The van der Waals surface area contributed by atoms with E-state index in [1.165, 1.54) is 109 Å². The van der Waals surface area contributed by atoms with Crippen LogP contribution in [0.3, 0.4) is 0 Å². The first kappa shape index (κ1) is 38.7. The summed E-state index contributed by atoms with van der Waals surface area (Å²) in [7, 11) is 0. The smallest absolute Gasteiger partial charge is 0.346 e. The van der Waals surface area contributed by atoms with Crippen LogP contribution in [0.2, 0.25) is 0 Å². The van der Waals surface area contributed by atoms with E-state index < -0.39 is 5.97 Å². The molecule has 9 heteroatoms. The molecular weight excluding hydrogens is 765 g/mol. The van der Waals surface area contributed by atoms with Gasteiger partial charge in [0, 0.05) is 36.0 Å². The number of ether oxygens (including phenoxy) is 2. The van der Waals surface area contributed by atoms with Crippen LogP contribution in [0.1, 0.15) is 81.2 Å². The number of unbranched alkanes of at least 4 members (excludes halogenated alkanes) is 6. The van der Waals surface area contributed by atoms with Gasteiger partial charge in [-0.15, -0.1) is 34.0 Å². The number of carboxylic acid groups (broad SMARTS) is 1. The molecule has 57 heavy (non-hydrogen) atoms. The van der Waals surface area contributed by atoms with Gasteiger partial charge in [-0.1, -0.05) is 101 Å². The van der Waals surface area contributed by atoms with E-state index in [9.17, 15) is 15.2 Å². The third-order valence-electron chi connectivity index (χ3n) is 10.7. The number of carboxylic acids is 1. The van der Waals surface area contributed by atoms with E-state index in [2.05, 4.69) is 103 Å². The van der Waals surface area contributed by atoms with E-state index >= 15 is 0 Å². The van der Waals surface area contributed by atoms with E-state index in [0.717, 1.165) is 41.1 Å². The molecule has 0 bridgehead atoms. The molecule has 0 spiro atoms. The molecule has 8 rings (SSSR count). The van der Waals surface area contributed by atoms with Crippen LogP contribution in [-0.2, 0) is 17.6 Å². The Bertz CT molecular complexity index is 2560. The minimum atomic E-state index is -1.26. The number of hydrogen-bond acceptors (Lipinski definition) is 7. The summed E-state index contributed by atoms with van der Waals surface area (Å²) in [5.41, 5.74) is 7.21. The minimum absolute atomic E-state index is 0.330. The molecule has 1 aliphatic heterocycles. The van der Waals surface area contributed by atoms with Gasteiger partial charge in [0.25, 0.3) is 0 Å². The fourth-order valence-electron chi connectivity index (χ4n) is 7.86. The standard InChI is InChI=1S/C48H46N2O4S3/c1-3-5-7-9-15-32-27-41(56-45(32)31-21-23-35(24-22-31)50-38-19-13-11-17-36(38)37-18-12-14-20-39(37)50)46-33(16-10-8-6-4-2)28-42(57-46)47-44-43(53-25-26-54-44)40(55-47)29-34(30-49)48(51)52/h11-14,17-24,27-29H,3-10,15-16,25-26H2,1-2H3,(H,51,52)/b34-29-. The molecule has 0 fully saturated rings. The van der Waals surface area contributed by atoms with Crippen LogP contribution in [0.4, 0.5) is 0 Å². The Morgan fingerprint density at radius 3 is 1.88 bits per heavy atom. The Morgan fingerprint density at radius 2 is 1.28 bits per heavy atom. The van der Waals surface area contributed by atoms with Crippen LogP contribution in [0.15, 0.2) is 90.5 Å². The number of aromatic nitrogens is 1. The highest BCUT2D eigenvalue weighted by Crippen LogP contribution is 2.54. The largest absolute Gasteiger partial charge is 0.485 e. The maximum atomic E-state index is 11.8.